The minimum Gasteiger partial charge on any atom is -0.451 e. The van der Waals surface area contributed by atoms with Gasteiger partial charge < -0.3 is 10.1 Å². The van der Waals surface area contributed by atoms with Gasteiger partial charge in [-0.25, -0.2) is 9.78 Å². The zero-order valence-electron chi connectivity index (χ0n) is 13.3. The van der Waals surface area contributed by atoms with Crippen LogP contribution < -0.4 is 5.32 Å². The van der Waals surface area contributed by atoms with Crippen LogP contribution in [-0.2, 0) is 9.53 Å². The van der Waals surface area contributed by atoms with Crippen LogP contribution in [0.3, 0.4) is 0 Å². The van der Waals surface area contributed by atoms with Crippen molar-refractivity contribution in [3.8, 4) is 0 Å². The molecule has 0 bridgehead atoms. The number of carbonyl (C=O) groups is 2. The molecule has 1 aromatic carbocycles. The van der Waals surface area contributed by atoms with Crippen LogP contribution in [0.15, 0.2) is 48.7 Å². The van der Waals surface area contributed by atoms with Crippen molar-refractivity contribution in [1.82, 2.24) is 10.3 Å². The summed E-state index contributed by atoms with van der Waals surface area (Å²) < 4.78 is 4.98. The highest BCUT2D eigenvalue weighted by molar-refractivity contribution is 5.89. The molecule has 1 amide bonds. The van der Waals surface area contributed by atoms with Gasteiger partial charge in [-0.15, -0.1) is 0 Å². The van der Waals surface area contributed by atoms with Gasteiger partial charge in [-0.05, 0) is 31.0 Å². The summed E-state index contributed by atoms with van der Waals surface area (Å²) in [5.41, 5.74) is 2.38. The van der Waals surface area contributed by atoms with Crippen molar-refractivity contribution in [3.05, 3.63) is 65.5 Å². The van der Waals surface area contributed by atoms with E-state index < -0.39 is 5.97 Å². The summed E-state index contributed by atoms with van der Waals surface area (Å²) in [7, 11) is 0. The molecule has 120 valence electrons. The van der Waals surface area contributed by atoms with Crippen molar-refractivity contribution < 1.29 is 14.3 Å². The largest absolute Gasteiger partial charge is 0.451 e. The molecule has 2 rings (SSSR count). The Morgan fingerprint density at radius 1 is 1.17 bits per heavy atom. The number of amides is 1. The number of esters is 1. The summed E-state index contributed by atoms with van der Waals surface area (Å²) in [4.78, 5) is 27.6. The Hall–Kier alpha value is -2.69. The van der Waals surface area contributed by atoms with E-state index in [-0.39, 0.29) is 24.2 Å². The first-order valence-corrected chi connectivity index (χ1v) is 7.54. The van der Waals surface area contributed by atoms with Gasteiger partial charge in [-0.2, -0.15) is 0 Å². The first kappa shape index (κ1) is 16.7. The molecule has 1 N–H and O–H groups in total. The van der Waals surface area contributed by atoms with Crippen LogP contribution >= 0.6 is 0 Å². The summed E-state index contributed by atoms with van der Waals surface area (Å²) in [6.45, 7) is 3.68. The lowest BCUT2D eigenvalue weighted by atomic mass is 10.0. The fourth-order valence-electron chi connectivity index (χ4n) is 2.14. The summed E-state index contributed by atoms with van der Waals surface area (Å²) in [6, 6.07) is 12.8. The SMILES string of the molecule is CC[C@@H](NC(=O)COC(=O)c1ccccn1)c1ccc(C)cc1. The molecule has 0 radical (unpaired) electrons. The summed E-state index contributed by atoms with van der Waals surface area (Å²) in [6.07, 6.45) is 2.25. The van der Waals surface area contributed by atoms with E-state index in [2.05, 4.69) is 10.3 Å². The maximum atomic E-state index is 12.0. The second-order valence-electron chi connectivity index (χ2n) is 5.23. The number of ether oxygens (including phenoxy) is 1. The fraction of sp³-hybridized carbons (Fsp3) is 0.278. The predicted octanol–water partition coefficient (Wildman–Crippen LogP) is 2.81. The molecule has 1 aromatic heterocycles. The van der Waals surface area contributed by atoms with Gasteiger partial charge in [0.2, 0.25) is 0 Å². The number of carbonyl (C=O) groups excluding carboxylic acids is 2. The van der Waals surface area contributed by atoms with Gasteiger partial charge in [0.1, 0.15) is 5.69 Å². The van der Waals surface area contributed by atoms with E-state index in [1.807, 2.05) is 38.1 Å². The van der Waals surface area contributed by atoms with Crippen molar-refractivity contribution in [1.29, 1.82) is 0 Å². The highest BCUT2D eigenvalue weighted by Gasteiger charge is 2.15. The van der Waals surface area contributed by atoms with Crippen molar-refractivity contribution in [2.75, 3.05) is 6.61 Å². The van der Waals surface area contributed by atoms with Gasteiger partial charge in [0.15, 0.2) is 6.61 Å². The standard InChI is InChI=1S/C18H20N2O3/c1-3-15(14-9-7-13(2)8-10-14)20-17(21)12-23-18(22)16-6-4-5-11-19-16/h4-11,15H,3,12H2,1-2H3,(H,20,21)/t15-/m1/s1. The van der Waals surface area contributed by atoms with Crippen LogP contribution in [0.5, 0.6) is 0 Å². The van der Waals surface area contributed by atoms with Crippen LogP contribution in [-0.4, -0.2) is 23.5 Å². The molecular formula is C18H20N2O3. The first-order valence-electron chi connectivity index (χ1n) is 7.54. The lowest BCUT2D eigenvalue weighted by Crippen LogP contribution is -2.32. The molecule has 0 aliphatic carbocycles. The van der Waals surface area contributed by atoms with Gasteiger partial charge in [-0.3, -0.25) is 4.79 Å². The van der Waals surface area contributed by atoms with E-state index in [4.69, 9.17) is 4.74 Å². The molecule has 0 fully saturated rings. The van der Waals surface area contributed by atoms with E-state index in [1.54, 1.807) is 18.2 Å². The quantitative estimate of drug-likeness (QED) is 0.833. The molecule has 0 unspecified atom stereocenters. The zero-order chi connectivity index (χ0) is 16.7. The Morgan fingerprint density at radius 3 is 2.52 bits per heavy atom. The number of nitrogens with one attached hydrogen (secondary N) is 1. The number of rotatable bonds is 6. The van der Waals surface area contributed by atoms with Crippen LogP contribution in [0, 0.1) is 6.92 Å². The Labute approximate surface area is 135 Å². The average Bonchev–Trinajstić information content (AvgIpc) is 2.59. The third-order valence-electron chi connectivity index (χ3n) is 3.43. The van der Waals surface area contributed by atoms with Crippen LogP contribution in [0.4, 0.5) is 0 Å². The number of hydrogen-bond acceptors (Lipinski definition) is 4. The number of nitrogens with zero attached hydrogens (tertiary/aromatic N) is 1. The maximum Gasteiger partial charge on any atom is 0.357 e. The highest BCUT2D eigenvalue weighted by Crippen LogP contribution is 2.16. The third kappa shape index (κ3) is 4.92. The van der Waals surface area contributed by atoms with Crippen molar-refractivity contribution in [3.63, 3.8) is 0 Å². The Kier molecular flexibility index (Phi) is 5.86. The smallest absolute Gasteiger partial charge is 0.357 e. The summed E-state index contributed by atoms with van der Waals surface area (Å²) >= 11 is 0. The van der Waals surface area contributed by atoms with E-state index in [0.29, 0.717) is 0 Å². The minimum atomic E-state index is -0.607. The molecule has 2 aromatic rings. The highest BCUT2D eigenvalue weighted by atomic mass is 16.5. The first-order chi connectivity index (χ1) is 11.1. The molecule has 0 saturated heterocycles. The molecule has 1 heterocycles. The van der Waals surface area contributed by atoms with Crippen molar-refractivity contribution in [2.45, 2.75) is 26.3 Å². The Balaban J connectivity index is 1.88. The maximum absolute atomic E-state index is 12.0. The normalized spacial score (nSPS) is 11.6. The number of hydrogen-bond donors (Lipinski definition) is 1. The van der Waals surface area contributed by atoms with Gasteiger partial charge in [-0.1, -0.05) is 42.8 Å². The summed E-state index contributed by atoms with van der Waals surface area (Å²) in [5, 5.41) is 2.87. The molecule has 5 heteroatoms. The van der Waals surface area contributed by atoms with Crippen LogP contribution in [0.2, 0.25) is 0 Å². The van der Waals surface area contributed by atoms with Gasteiger partial charge >= 0.3 is 5.97 Å². The predicted molar refractivity (Wildman–Crippen MR) is 86.9 cm³/mol. The van der Waals surface area contributed by atoms with E-state index in [9.17, 15) is 9.59 Å². The molecule has 0 aliphatic heterocycles. The van der Waals surface area contributed by atoms with E-state index >= 15 is 0 Å². The van der Waals surface area contributed by atoms with Crippen LogP contribution in [0.25, 0.3) is 0 Å². The van der Waals surface area contributed by atoms with Crippen LogP contribution in [0.1, 0.15) is 41.0 Å². The topological polar surface area (TPSA) is 68.3 Å². The molecule has 0 spiro atoms. The number of benzene rings is 1. The second kappa shape index (κ2) is 8.08. The second-order valence-corrected chi connectivity index (χ2v) is 5.23. The van der Waals surface area contributed by atoms with E-state index in [1.165, 1.54) is 11.8 Å². The number of aryl methyl sites for hydroxylation is 1. The van der Waals surface area contributed by atoms with Crippen molar-refractivity contribution in [2.24, 2.45) is 0 Å². The van der Waals surface area contributed by atoms with Gasteiger partial charge in [0.05, 0.1) is 6.04 Å². The number of pyridine rings is 1. The Bertz CT molecular complexity index is 654. The minimum absolute atomic E-state index is 0.100. The Morgan fingerprint density at radius 2 is 1.91 bits per heavy atom. The molecule has 1 atom stereocenters. The molecular weight excluding hydrogens is 292 g/mol. The monoisotopic (exact) mass is 312 g/mol. The summed E-state index contributed by atoms with van der Waals surface area (Å²) in [5.74, 6) is -0.939. The van der Waals surface area contributed by atoms with Gasteiger partial charge in [0.25, 0.3) is 5.91 Å². The molecule has 23 heavy (non-hydrogen) atoms. The van der Waals surface area contributed by atoms with Crippen molar-refractivity contribution >= 4 is 11.9 Å². The molecule has 0 aliphatic rings. The zero-order valence-corrected chi connectivity index (χ0v) is 13.3. The average molecular weight is 312 g/mol. The number of aromatic nitrogens is 1. The van der Waals surface area contributed by atoms with Gasteiger partial charge in [0, 0.05) is 6.20 Å². The lowest BCUT2D eigenvalue weighted by Gasteiger charge is -2.17. The lowest BCUT2D eigenvalue weighted by molar-refractivity contribution is -0.125. The third-order valence-corrected chi connectivity index (χ3v) is 3.43. The van der Waals surface area contributed by atoms with E-state index in [0.717, 1.165) is 12.0 Å². The fourth-order valence-corrected chi connectivity index (χ4v) is 2.14. The molecule has 0 saturated carbocycles. The molecule has 5 nitrogen and oxygen atoms in total.